The molecule has 0 aromatic carbocycles. The molecule has 0 bridgehead atoms. The highest BCUT2D eigenvalue weighted by atomic mass is 32.1. The van der Waals surface area contributed by atoms with E-state index in [1.807, 2.05) is 12.1 Å². The summed E-state index contributed by atoms with van der Waals surface area (Å²) in [6, 6.07) is 3.93. The number of aromatic nitrogens is 4. The summed E-state index contributed by atoms with van der Waals surface area (Å²) >= 11 is 5.38. The van der Waals surface area contributed by atoms with E-state index in [1.54, 1.807) is 12.4 Å². The molecule has 0 saturated heterocycles. The Labute approximate surface area is 125 Å². The molecule has 1 atom stereocenters. The van der Waals surface area contributed by atoms with Gasteiger partial charge in [-0.3, -0.25) is 14.6 Å². The molecular formula is C15H22N4S. The van der Waals surface area contributed by atoms with Gasteiger partial charge in [0.25, 0.3) is 0 Å². The molecule has 0 aliphatic carbocycles. The van der Waals surface area contributed by atoms with Crippen LogP contribution >= 0.6 is 12.2 Å². The van der Waals surface area contributed by atoms with E-state index in [9.17, 15) is 0 Å². The lowest BCUT2D eigenvalue weighted by Crippen LogP contribution is -2.11. The molecule has 2 aromatic rings. The van der Waals surface area contributed by atoms with Crippen LogP contribution in [0, 0.1) is 10.7 Å². The fourth-order valence-corrected chi connectivity index (χ4v) is 2.59. The summed E-state index contributed by atoms with van der Waals surface area (Å²) in [6.07, 6.45) is 8.49. The maximum absolute atomic E-state index is 5.38. The number of aromatic amines is 1. The molecule has 20 heavy (non-hydrogen) atoms. The van der Waals surface area contributed by atoms with Gasteiger partial charge in [-0.25, -0.2) is 0 Å². The number of hydrogen-bond donors (Lipinski definition) is 1. The zero-order valence-electron chi connectivity index (χ0n) is 12.2. The molecular weight excluding hydrogens is 268 g/mol. The molecule has 0 aliphatic heterocycles. The van der Waals surface area contributed by atoms with Crippen molar-refractivity contribution < 1.29 is 0 Å². The monoisotopic (exact) mass is 290 g/mol. The normalized spacial score (nSPS) is 12.5. The number of rotatable bonds is 7. The van der Waals surface area contributed by atoms with Crippen LogP contribution in [0.4, 0.5) is 0 Å². The molecule has 108 valence electrons. The lowest BCUT2D eigenvalue weighted by molar-refractivity contribution is 0.390. The Morgan fingerprint density at radius 2 is 2.05 bits per heavy atom. The first-order chi connectivity index (χ1) is 9.76. The molecule has 0 aliphatic rings. The van der Waals surface area contributed by atoms with Gasteiger partial charge in [-0.05, 0) is 36.7 Å². The van der Waals surface area contributed by atoms with Crippen LogP contribution in [-0.2, 0) is 6.54 Å². The van der Waals surface area contributed by atoms with Crippen LogP contribution in [0.2, 0.25) is 0 Å². The number of unbranched alkanes of at least 4 members (excludes halogenated alkanes) is 1. The Hall–Kier alpha value is -1.49. The van der Waals surface area contributed by atoms with Crippen LogP contribution in [0.25, 0.3) is 11.4 Å². The molecule has 1 N–H and O–H groups in total. The Morgan fingerprint density at radius 3 is 2.70 bits per heavy atom. The second-order valence-electron chi connectivity index (χ2n) is 5.12. The van der Waals surface area contributed by atoms with E-state index < -0.39 is 0 Å². The van der Waals surface area contributed by atoms with Gasteiger partial charge in [0.15, 0.2) is 10.6 Å². The average molecular weight is 290 g/mol. The van der Waals surface area contributed by atoms with Crippen molar-refractivity contribution in [3.8, 4) is 11.4 Å². The van der Waals surface area contributed by atoms with Gasteiger partial charge in [0, 0.05) is 24.5 Å². The van der Waals surface area contributed by atoms with Crippen molar-refractivity contribution >= 4 is 12.2 Å². The van der Waals surface area contributed by atoms with Gasteiger partial charge in [0.1, 0.15) is 0 Å². The van der Waals surface area contributed by atoms with Gasteiger partial charge in [0.05, 0.1) is 0 Å². The highest BCUT2D eigenvalue weighted by Gasteiger charge is 2.13. The first-order valence-corrected chi connectivity index (χ1v) is 7.72. The lowest BCUT2D eigenvalue weighted by atomic mass is 9.99. The van der Waals surface area contributed by atoms with Crippen LogP contribution in [0.5, 0.6) is 0 Å². The summed E-state index contributed by atoms with van der Waals surface area (Å²) in [5.41, 5.74) is 1.05. The van der Waals surface area contributed by atoms with Gasteiger partial charge in [-0.2, -0.15) is 5.10 Å². The summed E-state index contributed by atoms with van der Waals surface area (Å²) < 4.78 is 2.82. The summed E-state index contributed by atoms with van der Waals surface area (Å²) in [5, 5.41) is 7.29. The zero-order chi connectivity index (χ0) is 14.4. The fraction of sp³-hybridized carbons (Fsp3) is 0.533. The van der Waals surface area contributed by atoms with E-state index in [-0.39, 0.29) is 0 Å². The minimum atomic E-state index is 0.653. The molecule has 4 nitrogen and oxygen atoms in total. The van der Waals surface area contributed by atoms with Crippen molar-refractivity contribution in [2.24, 2.45) is 5.92 Å². The van der Waals surface area contributed by atoms with Crippen LogP contribution in [0.3, 0.4) is 0 Å². The number of hydrogen-bond acceptors (Lipinski definition) is 3. The maximum Gasteiger partial charge on any atom is 0.195 e. The second kappa shape index (κ2) is 7.33. The smallest absolute Gasteiger partial charge is 0.195 e. The highest BCUT2D eigenvalue weighted by Crippen LogP contribution is 2.21. The molecule has 2 heterocycles. The minimum Gasteiger partial charge on any atom is -0.300 e. The topological polar surface area (TPSA) is 46.5 Å². The first-order valence-electron chi connectivity index (χ1n) is 7.31. The van der Waals surface area contributed by atoms with Crippen molar-refractivity contribution in [3.63, 3.8) is 0 Å². The molecule has 0 amide bonds. The van der Waals surface area contributed by atoms with E-state index in [0.29, 0.717) is 10.7 Å². The van der Waals surface area contributed by atoms with Crippen molar-refractivity contribution in [1.29, 1.82) is 0 Å². The van der Waals surface area contributed by atoms with Crippen LogP contribution < -0.4 is 0 Å². The molecule has 1 unspecified atom stereocenters. The number of nitrogens with zero attached hydrogens (tertiary/aromatic N) is 3. The third-order valence-electron chi connectivity index (χ3n) is 3.68. The number of nitrogens with one attached hydrogen (secondary N) is 1. The SMILES string of the molecule is CCCCC(CC)Cn1c(-c2ccncc2)n[nH]c1=S. The largest absolute Gasteiger partial charge is 0.300 e. The van der Waals surface area contributed by atoms with Crippen LogP contribution in [0.15, 0.2) is 24.5 Å². The van der Waals surface area contributed by atoms with Crippen molar-refractivity contribution in [3.05, 3.63) is 29.3 Å². The minimum absolute atomic E-state index is 0.653. The Morgan fingerprint density at radius 1 is 1.30 bits per heavy atom. The van der Waals surface area contributed by atoms with Crippen molar-refractivity contribution in [1.82, 2.24) is 19.7 Å². The average Bonchev–Trinajstić information content (AvgIpc) is 2.85. The quantitative estimate of drug-likeness (QED) is 0.777. The zero-order valence-corrected chi connectivity index (χ0v) is 13.0. The Bertz CT molecular complexity index is 573. The van der Waals surface area contributed by atoms with Gasteiger partial charge >= 0.3 is 0 Å². The summed E-state index contributed by atoms with van der Waals surface area (Å²) in [6.45, 7) is 5.41. The third kappa shape index (κ3) is 3.54. The predicted molar refractivity (Wildman–Crippen MR) is 83.9 cm³/mol. The van der Waals surface area contributed by atoms with E-state index in [2.05, 4.69) is 33.6 Å². The summed E-state index contributed by atoms with van der Waals surface area (Å²) in [4.78, 5) is 4.05. The maximum atomic E-state index is 5.38. The van der Waals surface area contributed by atoms with Crippen LogP contribution in [0.1, 0.15) is 39.5 Å². The highest BCUT2D eigenvalue weighted by molar-refractivity contribution is 7.71. The standard InChI is InChI=1S/C15H22N4S/c1-3-5-6-12(4-2)11-19-14(17-18-15(19)20)13-7-9-16-10-8-13/h7-10,12H,3-6,11H2,1-2H3,(H,18,20). The predicted octanol–water partition coefficient (Wildman–Crippen LogP) is 4.22. The van der Waals surface area contributed by atoms with Gasteiger partial charge in [-0.15, -0.1) is 0 Å². The Kier molecular flexibility index (Phi) is 5.47. The van der Waals surface area contributed by atoms with Gasteiger partial charge in [0.2, 0.25) is 0 Å². The second-order valence-corrected chi connectivity index (χ2v) is 5.50. The van der Waals surface area contributed by atoms with Crippen LogP contribution in [-0.4, -0.2) is 19.7 Å². The molecule has 0 fully saturated rings. The number of pyridine rings is 1. The molecule has 2 rings (SSSR count). The van der Waals surface area contributed by atoms with E-state index in [4.69, 9.17) is 12.2 Å². The molecule has 2 aromatic heterocycles. The van der Waals surface area contributed by atoms with Crippen molar-refractivity contribution in [2.75, 3.05) is 0 Å². The number of H-pyrrole nitrogens is 1. The first kappa shape index (κ1) is 14.9. The van der Waals surface area contributed by atoms with E-state index in [0.717, 1.165) is 17.9 Å². The van der Waals surface area contributed by atoms with E-state index in [1.165, 1.54) is 25.7 Å². The van der Waals surface area contributed by atoms with Gasteiger partial charge < -0.3 is 0 Å². The third-order valence-corrected chi connectivity index (χ3v) is 3.99. The summed E-state index contributed by atoms with van der Waals surface area (Å²) in [7, 11) is 0. The molecule has 5 heteroatoms. The van der Waals surface area contributed by atoms with Crippen molar-refractivity contribution in [2.45, 2.75) is 46.1 Å². The van der Waals surface area contributed by atoms with E-state index >= 15 is 0 Å². The van der Waals surface area contributed by atoms with Gasteiger partial charge in [-0.1, -0.05) is 33.1 Å². The molecule has 0 saturated carbocycles. The molecule has 0 radical (unpaired) electrons. The lowest BCUT2D eigenvalue weighted by Gasteiger charge is -2.16. The fourth-order valence-electron chi connectivity index (χ4n) is 2.38. The summed E-state index contributed by atoms with van der Waals surface area (Å²) in [5.74, 6) is 1.56. The Balaban J connectivity index is 2.23. The molecule has 0 spiro atoms.